The maximum Gasteiger partial charge on any atom is 0.157 e. The Labute approximate surface area is 104 Å². The van der Waals surface area contributed by atoms with Gasteiger partial charge in [-0.05, 0) is 39.9 Å². The van der Waals surface area contributed by atoms with Gasteiger partial charge in [-0.2, -0.15) is 5.10 Å². The third-order valence-electron chi connectivity index (χ3n) is 3.65. The van der Waals surface area contributed by atoms with Crippen molar-refractivity contribution in [2.75, 3.05) is 14.1 Å². The number of rotatable bonds is 6. The van der Waals surface area contributed by atoms with Crippen LogP contribution < -0.4 is 0 Å². The third-order valence-corrected chi connectivity index (χ3v) is 3.65. The highest BCUT2D eigenvalue weighted by Gasteiger charge is 2.33. The zero-order valence-corrected chi connectivity index (χ0v) is 11.5. The van der Waals surface area contributed by atoms with Crippen LogP contribution in [0.4, 0.5) is 0 Å². The topological polar surface area (TPSA) is 38.1 Å². The lowest BCUT2D eigenvalue weighted by atomic mass is 9.88. The summed E-state index contributed by atoms with van der Waals surface area (Å²) >= 11 is 0. The van der Waals surface area contributed by atoms with E-state index in [4.69, 9.17) is 0 Å². The first-order chi connectivity index (χ1) is 7.93. The lowest BCUT2D eigenvalue weighted by Gasteiger charge is -2.33. The van der Waals surface area contributed by atoms with Crippen molar-refractivity contribution in [1.29, 1.82) is 0 Å². The molecule has 1 atom stereocenters. The van der Waals surface area contributed by atoms with Gasteiger partial charge in [0.15, 0.2) is 5.78 Å². The normalized spacial score (nSPS) is 14.9. The van der Waals surface area contributed by atoms with E-state index in [-0.39, 0.29) is 11.3 Å². The predicted octanol–water partition coefficient (Wildman–Crippen LogP) is 1.74. The van der Waals surface area contributed by atoms with E-state index in [9.17, 15) is 4.79 Å². The highest BCUT2D eigenvalue weighted by molar-refractivity contribution is 5.89. The molecular formula is C13H23N3O. The first-order valence-corrected chi connectivity index (χ1v) is 6.16. The summed E-state index contributed by atoms with van der Waals surface area (Å²) in [5, 5.41) is 4.19. The Hall–Kier alpha value is -1.16. The molecule has 0 N–H and O–H groups in total. The van der Waals surface area contributed by atoms with Gasteiger partial charge >= 0.3 is 0 Å². The molecule has 17 heavy (non-hydrogen) atoms. The number of likely N-dealkylation sites (N-methyl/N-ethyl adjacent to an activating group) is 1. The Morgan fingerprint density at radius 2 is 2.12 bits per heavy atom. The standard InChI is InChI=1S/C13H23N3O/c1-6-13(3,15(4)5)12(17)8-11-9-14-16(7-2)10-11/h9-10H,6-8H2,1-5H3. The lowest BCUT2D eigenvalue weighted by molar-refractivity contribution is -0.128. The van der Waals surface area contributed by atoms with Crippen molar-refractivity contribution in [2.24, 2.45) is 0 Å². The van der Waals surface area contributed by atoms with E-state index in [2.05, 4.69) is 5.10 Å². The van der Waals surface area contributed by atoms with Crippen LogP contribution in [0.5, 0.6) is 0 Å². The summed E-state index contributed by atoms with van der Waals surface area (Å²) in [5.41, 5.74) is 0.618. The number of Topliss-reactive ketones (excluding diaryl/α,β-unsaturated/α-hetero) is 1. The number of aromatic nitrogens is 2. The van der Waals surface area contributed by atoms with E-state index < -0.39 is 0 Å². The average Bonchev–Trinajstić information content (AvgIpc) is 2.75. The van der Waals surface area contributed by atoms with Gasteiger partial charge in [-0.1, -0.05) is 6.92 Å². The quantitative estimate of drug-likeness (QED) is 0.756. The molecule has 1 heterocycles. The summed E-state index contributed by atoms with van der Waals surface area (Å²) in [5.74, 6) is 0.251. The van der Waals surface area contributed by atoms with Crippen LogP contribution >= 0.6 is 0 Å². The molecule has 0 spiro atoms. The molecule has 1 unspecified atom stereocenters. The number of nitrogens with zero attached hydrogens (tertiary/aromatic N) is 3. The molecule has 0 radical (unpaired) electrons. The molecule has 1 aromatic rings. The van der Waals surface area contributed by atoms with E-state index >= 15 is 0 Å². The molecule has 4 nitrogen and oxygen atoms in total. The zero-order chi connectivity index (χ0) is 13.1. The second-order valence-corrected chi connectivity index (χ2v) is 4.83. The van der Waals surface area contributed by atoms with E-state index in [0.29, 0.717) is 6.42 Å². The van der Waals surface area contributed by atoms with E-state index in [0.717, 1.165) is 18.5 Å². The molecule has 0 saturated heterocycles. The van der Waals surface area contributed by atoms with Crippen LogP contribution in [0, 0.1) is 0 Å². The number of hydrogen-bond acceptors (Lipinski definition) is 3. The monoisotopic (exact) mass is 237 g/mol. The van der Waals surface area contributed by atoms with Crippen LogP contribution in [0.25, 0.3) is 0 Å². The summed E-state index contributed by atoms with van der Waals surface area (Å²) in [4.78, 5) is 14.3. The molecule has 0 aliphatic carbocycles. The Balaban J connectivity index is 2.77. The third kappa shape index (κ3) is 2.94. The van der Waals surface area contributed by atoms with Crippen molar-refractivity contribution in [3.8, 4) is 0 Å². The Morgan fingerprint density at radius 3 is 2.53 bits per heavy atom. The molecule has 0 aliphatic rings. The molecular weight excluding hydrogens is 214 g/mol. The van der Waals surface area contributed by atoms with Gasteiger partial charge in [-0.25, -0.2) is 0 Å². The smallest absolute Gasteiger partial charge is 0.157 e. The summed E-state index contributed by atoms with van der Waals surface area (Å²) in [6, 6.07) is 0. The van der Waals surface area contributed by atoms with Crippen molar-refractivity contribution in [3.05, 3.63) is 18.0 Å². The lowest BCUT2D eigenvalue weighted by Crippen LogP contribution is -2.48. The first kappa shape index (κ1) is 13.9. The first-order valence-electron chi connectivity index (χ1n) is 6.16. The van der Waals surface area contributed by atoms with Crippen molar-refractivity contribution >= 4 is 5.78 Å². The van der Waals surface area contributed by atoms with Crippen molar-refractivity contribution in [1.82, 2.24) is 14.7 Å². The number of carbonyl (C=O) groups is 1. The van der Waals surface area contributed by atoms with Gasteiger partial charge in [0.2, 0.25) is 0 Å². The van der Waals surface area contributed by atoms with Gasteiger partial charge in [0, 0.05) is 19.2 Å². The maximum absolute atomic E-state index is 12.3. The van der Waals surface area contributed by atoms with E-state index in [1.165, 1.54) is 0 Å². The van der Waals surface area contributed by atoms with Crippen LogP contribution in [0.2, 0.25) is 0 Å². The minimum absolute atomic E-state index is 0.251. The molecule has 1 aromatic heterocycles. The van der Waals surface area contributed by atoms with Gasteiger partial charge in [0.05, 0.1) is 11.7 Å². The fourth-order valence-electron chi connectivity index (χ4n) is 1.81. The molecule has 0 amide bonds. The molecule has 96 valence electrons. The molecule has 4 heteroatoms. The summed E-state index contributed by atoms with van der Waals surface area (Å²) in [6.07, 6.45) is 5.01. The van der Waals surface area contributed by atoms with Crippen LogP contribution in [0.15, 0.2) is 12.4 Å². The van der Waals surface area contributed by atoms with Crippen molar-refractivity contribution in [2.45, 2.75) is 45.7 Å². The van der Waals surface area contributed by atoms with Crippen LogP contribution in [0.3, 0.4) is 0 Å². The maximum atomic E-state index is 12.3. The minimum Gasteiger partial charge on any atom is -0.297 e. The zero-order valence-electron chi connectivity index (χ0n) is 11.5. The van der Waals surface area contributed by atoms with Crippen LogP contribution in [-0.2, 0) is 17.8 Å². The minimum atomic E-state index is -0.381. The SMILES string of the molecule is CCn1cc(CC(=O)C(C)(CC)N(C)C)cn1. The van der Waals surface area contributed by atoms with Gasteiger partial charge in [0.1, 0.15) is 0 Å². The van der Waals surface area contributed by atoms with Gasteiger partial charge in [-0.3, -0.25) is 14.4 Å². The fourth-order valence-corrected chi connectivity index (χ4v) is 1.81. The van der Waals surface area contributed by atoms with E-state index in [1.807, 2.05) is 50.6 Å². The molecule has 0 bridgehead atoms. The summed E-state index contributed by atoms with van der Waals surface area (Å²) < 4.78 is 1.85. The van der Waals surface area contributed by atoms with Crippen LogP contribution in [0.1, 0.15) is 32.8 Å². The highest BCUT2D eigenvalue weighted by Crippen LogP contribution is 2.19. The largest absolute Gasteiger partial charge is 0.297 e. The van der Waals surface area contributed by atoms with Gasteiger partial charge < -0.3 is 0 Å². The van der Waals surface area contributed by atoms with Crippen LogP contribution in [-0.4, -0.2) is 40.1 Å². The average molecular weight is 237 g/mol. The van der Waals surface area contributed by atoms with E-state index in [1.54, 1.807) is 6.20 Å². The number of carbonyl (C=O) groups excluding carboxylic acids is 1. The highest BCUT2D eigenvalue weighted by atomic mass is 16.1. The Kier molecular flexibility index (Phi) is 4.46. The van der Waals surface area contributed by atoms with Gasteiger partial charge in [-0.15, -0.1) is 0 Å². The second kappa shape index (κ2) is 5.45. The second-order valence-electron chi connectivity index (χ2n) is 4.83. The van der Waals surface area contributed by atoms with Crippen molar-refractivity contribution < 1.29 is 4.79 Å². The summed E-state index contributed by atoms with van der Waals surface area (Å²) in [7, 11) is 3.91. The number of ketones is 1. The fraction of sp³-hybridized carbons (Fsp3) is 0.692. The van der Waals surface area contributed by atoms with Gasteiger partial charge in [0.25, 0.3) is 0 Å². The molecule has 0 aromatic carbocycles. The molecule has 1 rings (SSSR count). The molecule has 0 saturated carbocycles. The van der Waals surface area contributed by atoms with Crippen molar-refractivity contribution in [3.63, 3.8) is 0 Å². The summed E-state index contributed by atoms with van der Waals surface area (Å²) in [6.45, 7) is 6.93. The number of hydrogen-bond donors (Lipinski definition) is 0. The predicted molar refractivity (Wildman–Crippen MR) is 69.0 cm³/mol. The molecule has 0 aliphatic heterocycles. The Bertz CT molecular complexity index is 384. The molecule has 0 fully saturated rings. The number of aryl methyl sites for hydroxylation is 1. The Morgan fingerprint density at radius 1 is 1.47 bits per heavy atom.